The number of imide groups is 1. The molecule has 3 amide bonds. The Bertz CT molecular complexity index is 1400. The first kappa shape index (κ1) is 26.5. The van der Waals surface area contributed by atoms with Crippen molar-refractivity contribution in [1.29, 1.82) is 0 Å². The lowest BCUT2D eigenvalue weighted by Gasteiger charge is -2.54. The van der Waals surface area contributed by atoms with Crippen LogP contribution in [-0.2, 0) is 24.1 Å². The van der Waals surface area contributed by atoms with Gasteiger partial charge in [0.2, 0.25) is 17.7 Å². The highest BCUT2D eigenvalue weighted by Crippen LogP contribution is 2.69. The van der Waals surface area contributed by atoms with Crippen molar-refractivity contribution in [1.82, 2.24) is 4.90 Å². The third-order valence-corrected chi connectivity index (χ3v) is 10.6. The maximum Gasteiger partial charge on any atom is 0.235 e. The monoisotopic (exact) mass is 624 g/mol. The van der Waals surface area contributed by atoms with Crippen LogP contribution in [0.2, 0.25) is 0 Å². The molecule has 0 unspecified atom stereocenters. The van der Waals surface area contributed by atoms with Crippen LogP contribution >= 0.6 is 39.1 Å². The Morgan fingerprint density at radius 1 is 0.846 bits per heavy atom. The van der Waals surface area contributed by atoms with Crippen LogP contribution in [0.1, 0.15) is 53.5 Å². The number of likely N-dealkylation sites (tertiary alicyclic amines) is 1. The summed E-state index contributed by atoms with van der Waals surface area (Å²) < 4.78 is 0.993. The van der Waals surface area contributed by atoms with Gasteiger partial charge in [-0.1, -0.05) is 70.9 Å². The van der Waals surface area contributed by atoms with Gasteiger partial charge in [-0.3, -0.25) is 19.3 Å². The van der Waals surface area contributed by atoms with Crippen LogP contribution in [0.15, 0.2) is 71.2 Å². The molecule has 1 saturated heterocycles. The van der Waals surface area contributed by atoms with E-state index in [-0.39, 0.29) is 24.3 Å². The highest BCUT2D eigenvalue weighted by atomic mass is 79.9. The third-order valence-electron chi connectivity index (χ3n) is 8.40. The first-order valence-electron chi connectivity index (χ1n) is 13.2. The number of hydrogen-bond donors (Lipinski definition) is 1. The molecule has 3 aliphatic carbocycles. The van der Waals surface area contributed by atoms with E-state index in [1.165, 1.54) is 4.90 Å². The summed E-state index contributed by atoms with van der Waals surface area (Å²) >= 11 is 18.4. The van der Waals surface area contributed by atoms with Gasteiger partial charge in [0, 0.05) is 23.1 Å². The number of halogens is 3. The van der Waals surface area contributed by atoms with E-state index in [2.05, 4.69) is 21.2 Å². The molecule has 1 heterocycles. The lowest BCUT2D eigenvalue weighted by molar-refractivity contribution is -0.140. The summed E-state index contributed by atoms with van der Waals surface area (Å²) in [5.74, 6) is -2.13. The second-order valence-corrected chi connectivity index (χ2v) is 12.7. The molecule has 3 aromatic carbocycles. The number of amides is 3. The molecule has 0 radical (unpaired) electrons. The minimum atomic E-state index is -1.15. The topological polar surface area (TPSA) is 66.5 Å². The van der Waals surface area contributed by atoms with Crippen LogP contribution in [0.4, 0.5) is 5.69 Å². The van der Waals surface area contributed by atoms with Gasteiger partial charge in [-0.05, 0) is 65.8 Å². The van der Waals surface area contributed by atoms with Crippen LogP contribution in [-0.4, -0.2) is 29.2 Å². The first-order chi connectivity index (χ1) is 18.7. The molecule has 5 nitrogen and oxygen atoms in total. The van der Waals surface area contributed by atoms with E-state index in [4.69, 9.17) is 23.2 Å². The molecular formula is C31H27BrCl2N2O3. The Hall–Kier alpha value is -2.67. The fourth-order valence-electron chi connectivity index (χ4n) is 6.62. The van der Waals surface area contributed by atoms with Crippen molar-refractivity contribution in [2.75, 3.05) is 11.9 Å². The third kappa shape index (κ3) is 3.90. The van der Waals surface area contributed by atoms with E-state index in [0.29, 0.717) is 25.7 Å². The van der Waals surface area contributed by atoms with Crippen LogP contribution in [0.5, 0.6) is 0 Å². The molecular weight excluding hydrogens is 599 g/mol. The van der Waals surface area contributed by atoms with Crippen LogP contribution < -0.4 is 5.32 Å². The number of carbonyl (C=O) groups is 3. The van der Waals surface area contributed by atoms with Crippen molar-refractivity contribution in [2.24, 2.45) is 11.8 Å². The van der Waals surface area contributed by atoms with Crippen LogP contribution in [0, 0.1) is 18.8 Å². The Kier molecular flexibility index (Phi) is 6.64. The standard InChI is InChI=1S/C31H27BrCl2N2O3/c1-18-17-19(14-15-24(18)32)35-25(37)13-3-2-8-16-36-28(38)26-27(29(36)39)31(34)21-10-5-4-9-20(21)30(26,33)22-11-6-7-12-23(22)31/h4-7,9-12,14-15,17,26-27H,2-3,8,13,16H2,1H3,(H,35,37)/t26-,27-,30?,31?/m0/s1. The molecule has 0 saturated carbocycles. The second-order valence-electron chi connectivity index (χ2n) is 10.6. The van der Waals surface area contributed by atoms with Crippen LogP contribution in [0.25, 0.3) is 0 Å². The quantitative estimate of drug-likeness (QED) is 0.177. The predicted molar refractivity (Wildman–Crippen MR) is 156 cm³/mol. The minimum absolute atomic E-state index is 0.0589. The fraction of sp³-hybridized carbons (Fsp3) is 0.323. The number of unbranched alkanes of at least 4 members (excludes halogenated alkanes) is 2. The molecule has 3 aromatic rings. The number of aryl methyl sites for hydroxylation is 1. The van der Waals surface area contributed by atoms with Crippen molar-refractivity contribution in [3.63, 3.8) is 0 Å². The maximum absolute atomic E-state index is 13.8. The van der Waals surface area contributed by atoms with Crippen molar-refractivity contribution in [3.8, 4) is 0 Å². The summed E-state index contributed by atoms with van der Waals surface area (Å²) in [6.45, 7) is 2.25. The smallest absolute Gasteiger partial charge is 0.235 e. The average molecular weight is 626 g/mol. The molecule has 8 heteroatoms. The Morgan fingerprint density at radius 3 is 1.85 bits per heavy atom. The van der Waals surface area contributed by atoms with Crippen molar-refractivity contribution in [3.05, 3.63) is 99.0 Å². The van der Waals surface area contributed by atoms with Gasteiger partial charge in [0.25, 0.3) is 0 Å². The lowest BCUT2D eigenvalue weighted by Crippen LogP contribution is -2.57. The Morgan fingerprint density at radius 2 is 1.36 bits per heavy atom. The van der Waals surface area contributed by atoms with E-state index < -0.39 is 21.6 Å². The molecule has 7 rings (SSSR count). The number of hydrogen-bond acceptors (Lipinski definition) is 3. The highest BCUT2D eigenvalue weighted by Gasteiger charge is 2.72. The van der Waals surface area contributed by atoms with Gasteiger partial charge in [0.05, 0.1) is 11.8 Å². The van der Waals surface area contributed by atoms with Gasteiger partial charge in [-0.25, -0.2) is 0 Å². The van der Waals surface area contributed by atoms with E-state index in [0.717, 1.165) is 38.0 Å². The second kappa shape index (κ2) is 9.76. The summed E-state index contributed by atoms with van der Waals surface area (Å²) in [5, 5.41) is 2.92. The number of nitrogens with one attached hydrogen (secondary N) is 1. The summed E-state index contributed by atoms with van der Waals surface area (Å²) in [7, 11) is 0. The van der Waals surface area contributed by atoms with Gasteiger partial charge in [-0.2, -0.15) is 0 Å². The summed E-state index contributed by atoms with van der Waals surface area (Å²) in [6, 6.07) is 21.0. The van der Waals surface area contributed by atoms with Gasteiger partial charge < -0.3 is 5.32 Å². The van der Waals surface area contributed by atoms with Gasteiger partial charge in [0.1, 0.15) is 9.75 Å². The molecule has 39 heavy (non-hydrogen) atoms. The van der Waals surface area contributed by atoms with Crippen LogP contribution in [0.3, 0.4) is 0 Å². The van der Waals surface area contributed by atoms with E-state index in [1.807, 2.05) is 73.7 Å². The van der Waals surface area contributed by atoms with Crippen molar-refractivity contribution >= 4 is 62.5 Å². The zero-order chi connectivity index (χ0) is 27.5. The minimum Gasteiger partial charge on any atom is -0.326 e. The van der Waals surface area contributed by atoms with Gasteiger partial charge in [-0.15, -0.1) is 23.2 Å². The SMILES string of the molecule is Cc1cc(NC(=O)CCCCCN2C(=O)[C@@H]3[C@@H](C2=O)C2(Cl)c4ccccc4C3(Cl)c3ccccc32)ccc1Br. The Labute approximate surface area is 246 Å². The zero-order valence-corrected chi connectivity index (χ0v) is 24.4. The average Bonchev–Trinajstić information content (AvgIpc) is 3.19. The predicted octanol–water partition coefficient (Wildman–Crippen LogP) is 6.85. The summed E-state index contributed by atoms with van der Waals surface area (Å²) in [6.07, 6.45) is 2.33. The largest absolute Gasteiger partial charge is 0.326 e. The number of anilines is 1. The summed E-state index contributed by atoms with van der Waals surface area (Å²) in [4.78, 5) is 39.1. The van der Waals surface area contributed by atoms with Crippen molar-refractivity contribution in [2.45, 2.75) is 42.4 Å². The molecule has 1 N–H and O–H groups in total. The molecule has 200 valence electrons. The number of carbonyl (C=O) groups excluding carboxylic acids is 3. The molecule has 1 aliphatic heterocycles. The van der Waals surface area contributed by atoms with E-state index in [9.17, 15) is 14.4 Å². The van der Waals surface area contributed by atoms with Gasteiger partial charge >= 0.3 is 0 Å². The normalized spacial score (nSPS) is 26.3. The molecule has 0 aromatic heterocycles. The zero-order valence-electron chi connectivity index (χ0n) is 21.3. The highest BCUT2D eigenvalue weighted by molar-refractivity contribution is 9.10. The van der Waals surface area contributed by atoms with E-state index in [1.54, 1.807) is 0 Å². The van der Waals surface area contributed by atoms with Crippen molar-refractivity contribution < 1.29 is 14.4 Å². The summed E-state index contributed by atoms with van der Waals surface area (Å²) in [5.41, 5.74) is 5.02. The Balaban J connectivity index is 1.15. The number of rotatable bonds is 7. The fourth-order valence-corrected chi connectivity index (χ4v) is 7.97. The lowest BCUT2D eigenvalue weighted by atomic mass is 9.54. The van der Waals surface area contributed by atoms with Gasteiger partial charge in [0.15, 0.2) is 0 Å². The molecule has 2 bridgehead atoms. The number of nitrogens with zero attached hydrogens (tertiary/aromatic N) is 1. The van der Waals surface area contributed by atoms with E-state index >= 15 is 0 Å². The first-order valence-corrected chi connectivity index (χ1v) is 14.7. The molecule has 1 fully saturated rings. The number of benzene rings is 3. The maximum atomic E-state index is 13.8. The number of alkyl halides is 2. The molecule has 0 spiro atoms. The molecule has 4 aliphatic rings. The molecule has 2 atom stereocenters.